The fourth-order valence-electron chi connectivity index (χ4n) is 2.79. The van der Waals surface area contributed by atoms with E-state index in [-0.39, 0.29) is 12.5 Å². The van der Waals surface area contributed by atoms with Crippen LogP contribution in [0.2, 0.25) is 0 Å². The number of hydrogen-bond donors (Lipinski definition) is 2. The molecule has 154 valence electrons. The maximum atomic E-state index is 12.0. The van der Waals surface area contributed by atoms with Crippen molar-refractivity contribution in [3.05, 3.63) is 72.3 Å². The van der Waals surface area contributed by atoms with Gasteiger partial charge >= 0.3 is 5.97 Å². The van der Waals surface area contributed by atoms with Crippen LogP contribution in [0.1, 0.15) is 17.3 Å². The van der Waals surface area contributed by atoms with Crippen LogP contribution < -0.4 is 15.4 Å². The molecule has 0 radical (unpaired) electrons. The number of anilines is 1. The van der Waals surface area contributed by atoms with Crippen LogP contribution in [0.5, 0.6) is 5.75 Å². The van der Waals surface area contributed by atoms with Crippen molar-refractivity contribution < 1.29 is 23.9 Å². The van der Waals surface area contributed by atoms with E-state index in [1.54, 1.807) is 30.3 Å². The first-order chi connectivity index (χ1) is 14.5. The van der Waals surface area contributed by atoms with Crippen LogP contribution in [0.25, 0.3) is 10.8 Å². The SMILES string of the molecule is CCNC(=O)c1cccc(NC(=O)COC(=O)COc2ccc3ccccc3c2)c1. The number of rotatable bonds is 8. The van der Waals surface area contributed by atoms with E-state index < -0.39 is 18.5 Å². The number of nitrogens with one attached hydrogen (secondary N) is 2. The van der Waals surface area contributed by atoms with Gasteiger partial charge in [0.2, 0.25) is 0 Å². The van der Waals surface area contributed by atoms with Gasteiger partial charge in [0.1, 0.15) is 5.75 Å². The lowest BCUT2D eigenvalue weighted by Crippen LogP contribution is -2.24. The summed E-state index contributed by atoms with van der Waals surface area (Å²) in [4.78, 5) is 35.7. The summed E-state index contributed by atoms with van der Waals surface area (Å²) in [5, 5.41) is 7.34. The smallest absolute Gasteiger partial charge is 0.344 e. The first-order valence-corrected chi connectivity index (χ1v) is 9.50. The summed E-state index contributed by atoms with van der Waals surface area (Å²) in [6.45, 7) is 1.57. The minimum atomic E-state index is -0.658. The largest absolute Gasteiger partial charge is 0.482 e. The molecule has 0 saturated carbocycles. The molecule has 7 heteroatoms. The van der Waals surface area contributed by atoms with Gasteiger partial charge in [-0.1, -0.05) is 36.4 Å². The number of carbonyl (C=O) groups is 3. The summed E-state index contributed by atoms with van der Waals surface area (Å²) in [5.74, 6) is -0.861. The van der Waals surface area contributed by atoms with Crippen LogP contribution >= 0.6 is 0 Å². The average Bonchev–Trinajstić information content (AvgIpc) is 2.76. The van der Waals surface area contributed by atoms with Crippen molar-refractivity contribution in [3.8, 4) is 5.75 Å². The summed E-state index contributed by atoms with van der Waals surface area (Å²) in [7, 11) is 0. The van der Waals surface area contributed by atoms with Gasteiger partial charge in [0.05, 0.1) is 0 Å². The fraction of sp³-hybridized carbons (Fsp3) is 0.174. The first-order valence-electron chi connectivity index (χ1n) is 9.50. The van der Waals surface area contributed by atoms with Crippen molar-refractivity contribution in [2.24, 2.45) is 0 Å². The molecule has 0 unspecified atom stereocenters. The van der Waals surface area contributed by atoms with E-state index in [2.05, 4.69) is 10.6 Å². The van der Waals surface area contributed by atoms with Crippen LogP contribution in [0.15, 0.2) is 66.7 Å². The van der Waals surface area contributed by atoms with E-state index in [1.165, 1.54) is 0 Å². The summed E-state index contributed by atoms with van der Waals surface area (Å²) in [6, 6.07) is 19.8. The Morgan fingerprint density at radius 3 is 2.47 bits per heavy atom. The lowest BCUT2D eigenvalue weighted by atomic mass is 10.1. The molecule has 3 aromatic rings. The normalized spacial score (nSPS) is 10.3. The molecule has 0 aromatic heterocycles. The molecular formula is C23H22N2O5. The van der Waals surface area contributed by atoms with Gasteiger partial charge in [-0.2, -0.15) is 0 Å². The van der Waals surface area contributed by atoms with Crippen molar-refractivity contribution in [1.82, 2.24) is 5.32 Å². The fourth-order valence-corrected chi connectivity index (χ4v) is 2.79. The van der Waals surface area contributed by atoms with E-state index in [1.807, 2.05) is 43.3 Å². The first kappa shape index (κ1) is 20.9. The number of ether oxygens (including phenoxy) is 2. The molecule has 2 N–H and O–H groups in total. The van der Waals surface area contributed by atoms with Crippen LogP contribution in [0, 0.1) is 0 Å². The third kappa shape index (κ3) is 5.81. The molecule has 0 fully saturated rings. The van der Waals surface area contributed by atoms with Gasteiger partial charge in [-0.3, -0.25) is 9.59 Å². The number of benzene rings is 3. The van der Waals surface area contributed by atoms with Gasteiger partial charge in [-0.25, -0.2) is 4.79 Å². The lowest BCUT2D eigenvalue weighted by Gasteiger charge is -2.09. The molecule has 0 aliphatic rings. The number of amides is 2. The van der Waals surface area contributed by atoms with Gasteiger partial charge in [-0.05, 0) is 48.0 Å². The Kier molecular flexibility index (Phi) is 7.00. The van der Waals surface area contributed by atoms with E-state index in [0.29, 0.717) is 23.5 Å². The molecule has 0 bridgehead atoms. The summed E-state index contributed by atoms with van der Waals surface area (Å²) < 4.78 is 10.4. The highest BCUT2D eigenvalue weighted by molar-refractivity contribution is 5.97. The second-order valence-electron chi connectivity index (χ2n) is 6.45. The molecule has 0 spiro atoms. The average molecular weight is 406 g/mol. The molecular weight excluding hydrogens is 384 g/mol. The second-order valence-corrected chi connectivity index (χ2v) is 6.45. The molecule has 0 atom stereocenters. The van der Waals surface area contributed by atoms with Crippen molar-refractivity contribution in [3.63, 3.8) is 0 Å². The van der Waals surface area contributed by atoms with Crippen molar-refractivity contribution in [2.75, 3.05) is 25.1 Å². The molecule has 2 amide bonds. The molecule has 30 heavy (non-hydrogen) atoms. The molecule has 3 aromatic carbocycles. The summed E-state index contributed by atoms with van der Waals surface area (Å²) >= 11 is 0. The molecule has 7 nitrogen and oxygen atoms in total. The van der Waals surface area contributed by atoms with Gasteiger partial charge in [0, 0.05) is 17.8 Å². The number of fused-ring (bicyclic) bond motifs is 1. The number of hydrogen-bond acceptors (Lipinski definition) is 5. The topological polar surface area (TPSA) is 93.7 Å². The van der Waals surface area contributed by atoms with E-state index >= 15 is 0 Å². The highest BCUT2D eigenvalue weighted by Gasteiger charge is 2.11. The monoisotopic (exact) mass is 406 g/mol. The van der Waals surface area contributed by atoms with Gasteiger partial charge < -0.3 is 20.1 Å². The maximum Gasteiger partial charge on any atom is 0.344 e. The lowest BCUT2D eigenvalue weighted by molar-refractivity contribution is -0.149. The summed E-state index contributed by atoms with van der Waals surface area (Å²) in [5.41, 5.74) is 0.864. The summed E-state index contributed by atoms with van der Waals surface area (Å²) in [6.07, 6.45) is 0. The Bertz CT molecular complexity index is 1060. The van der Waals surface area contributed by atoms with Crippen LogP contribution in [-0.2, 0) is 14.3 Å². The van der Waals surface area contributed by atoms with Crippen molar-refractivity contribution in [1.29, 1.82) is 0 Å². The zero-order chi connectivity index (χ0) is 21.3. The third-order valence-electron chi connectivity index (χ3n) is 4.19. The standard InChI is InChI=1S/C23H22N2O5/c1-2-24-23(28)18-8-5-9-19(12-18)25-21(26)14-30-22(27)15-29-20-11-10-16-6-3-4-7-17(16)13-20/h3-13H,2,14-15H2,1H3,(H,24,28)(H,25,26). The Balaban J connectivity index is 1.45. The number of esters is 1. The quantitative estimate of drug-likeness (QED) is 0.561. The molecule has 3 rings (SSSR count). The Labute approximate surface area is 174 Å². The van der Waals surface area contributed by atoms with Crippen LogP contribution in [-0.4, -0.2) is 37.5 Å². The van der Waals surface area contributed by atoms with E-state index in [0.717, 1.165) is 10.8 Å². The van der Waals surface area contributed by atoms with Crippen molar-refractivity contribution in [2.45, 2.75) is 6.92 Å². The van der Waals surface area contributed by atoms with Gasteiger partial charge in [0.15, 0.2) is 13.2 Å². The van der Waals surface area contributed by atoms with Crippen molar-refractivity contribution >= 4 is 34.2 Å². The minimum absolute atomic E-state index is 0.231. The highest BCUT2D eigenvalue weighted by atomic mass is 16.6. The van der Waals surface area contributed by atoms with Gasteiger partial charge in [0.25, 0.3) is 11.8 Å². The molecule has 0 aliphatic carbocycles. The maximum absolute atomic E-state index is 12.0. The Morgan fingerprint density at radius 2 is 1.67 bits per heavy atom. The zero-order valence-electron chi connectivity index (χ0n) is 16.5. The third-order valence-corrected chi connectivity index (χ3v) is 4.19. The van der Waals surface area contributed by atoms with E-state index in [9.17, 15) is 14.4 Å². The molecule has 0 heterocycles. The van der Waals surface area contributed by atoms with Crippen LogP contribution in [0.3, 0.4) is 0 Å². The predicted molar refractivity (Wildman–Crippen MR) is 113 cm³/mol. The highest BCUT2D eigenvalue weighted by Crippen LogP contribution is 2.20. The molecule has 0 aliphatic heterocycles. The van der Waals surface area contributed by atoms with E-state index in [4.69, 9.17) is 9.47 Å². The molecule has 0 saturated heterocycles. The predicted octanol–water partition coefficient (Wildman–Crippen LogP) is 3.15. The Morgan fingerprint density at radius 1 is 0.867 bits per heavy atom. The number of carbonyl (C=O) groups excluding carboxylic acids is 3. The van der Waals surface area contributed by atoms with Crippen LogP contribution in [0.4, 0.5) is 5.69 Å². The second kappa shape index (κ2) is 10.1. The Hall–Kier alpha value is -3.87. The minimum Gasteiger partial charge on any atom is -0.482 e. The zero-order valence-corrected chi connectivity index (χ0v) is 16.5. The van der Waals surface area contributed by atoms with Gasteiger partial charge in [-0.15, -0.1) is 0 Å².